The minimum Gasteiger partial charge on any atom is -0.496 e. The Morgan fingerprint density at radius 1 is 0.983 bits per heavy atom. The first kappa shape index (κ1) is 45.8. The normalized spacial score (nSPS) is 25.7. The molecule has 2 aromatic carbocycles. The highest BCUT2D eigenvalue weighted by Gasteiger charge is 2.57. The lowest BCUT2D eigenvalue weighted by Crippen LogP contribution is -2.62. The maximum absolute atomic E-state index is 14.5. The van der Waals surface area contributed by atoms with Crippen molar-refractivity contribution in [1.82, 2.24) is 25.1 Å². The molecule has 1 heterocycles. The highest BCUT2D eigenvalue weighted by molar-refractivity contribution is 5.97. The topological polar surface area (TPSA) is 121 Å². The molecule has 3 saturated carbocycles. The zero-order valence-corrected chi connectivity index (χ0v) is 37.3. The number of methoxy groups -OCH3 is 1. The van der Waals surface area contributed by atoms with Gasteiger partial charge in [-0.15, -0.1) is 0 Å². The number of likely N-dealkylation sites (N-methyl/N-ethyl adjacent to an activating group) is 2. The summed E-state index contributed by atoms with van der Waals surface area (Å²) in [6, 6.07) is 11.1. The van der Waals surface area contributed by atoms with E-state index >= 15 is 0 Å². The molecule has 6 rings (SSSR count). The van der Waals surface area contributed by atoms with E-state index in [1.165, 1.54) is 6.42 Å². The van der Waals surface area contributed by atoms with E-state index in [0.29, 0.717) is 42.2 Å². The number of aliphatic hydroxyl groups is 2. The number of nitrogens with one attached hydrogen (secondary N) is 1. The Bertz CT molecular complexity index is 1660. The summed E-state index contributed by atoms with van der Waals surface area (Å²) in [7, 11) is 5.58. The third kappa shape index (κ3) is 9.68. The number of amides is 2. The number of nitrogens with zero attached hydrogens (tertiary/aromatic N) is 5. The summed E-state index contributed by atoms with van der Waals surface area (Å²) in [5, 5.41) is 26.4. The van der Waals surface area contributed by atoms with Crippen molar-refractivity contribution in [3.05, 3.63) is 47.5 Å². The molecule has 0 spiro atoms. The summed E-state index contributed by atoms with van der Waals surface area (Å²) in [5.74, 6) is 1.23. The smallest absolute Gasteiger partial charge is 0.254 e. The van der Waals surface area contributed by atoms with Crippen molar-refractivity contribution in [2.75, 3.05) is 85.1 Å². The lowest BCUT2D eigenvalue weighted by atomic mass is 9.45. The summed E-state index contributed by atoms with van der Waals surface area (Å²) >= 11 is 0. The SMILES string of the molecule is CCN(CC)CCN(CCN(CC)CC)C(=O)c1cc(-c2cccc(CN3O[C@@H](CO)[C@@H]([C@H](C)O)[C@H]3C(=O)NC3C[C@H]4C[C@H]([C@@H]3C)C4(C)C)c2OC)cc(N(C)C)c1. The molecule has 2 amide bonds. The molecule has 4 aliphatic rings. The first-order valence-electron chi connectivity index (χ1n) is 21.9. The predicted octanol–water partition coefficient (Wildman–Crippen LogP) is 5.21. The quantitative estimate of drug-likeness (QED) is 0.165. The molecule has 1 aliphatic heterocycles. The van der Waals surface area contributed by atoms with Gasteiger partial charge in [0.15, 0.2) is 0 Å². The first-order chi connectivity index (χ1) is 27.6. The molecular weight excluding hydrogens is 733 g/mol. The molecule has 4 fully saturated rings. The van der Waals surface area contributed by atoms with Crippen LogP contribution in [-0.2, 0) is 16.2 Å². The van der Waals surface area contributed by atoms with Crippen LogP contribution in [-0.4, -0.2) is 146 Å². The molecule has 58 heavy (non-hydrogen) atoms. The molecule has 8 atom stereocenters. The van der Waals surface area contributed by atoms with Crippen LogP contribution in [0.4, 0.5) is 5.69 Å². The fourth-order valence-corrected chi connectivity index (χ4v) is 10.1. The Morgan fingerprint density at radius 2 is 1.62 bits per heavy atom. The largest absolute Gasteiger partial charge is 0.496 e. The lowest BCUT2D eigenvalue weighted by molar-refractivity contribution is -0.183. The molecule has 1 saturated heterocycles. The van der Waals surface area contributed by atoms with Crippen LogP contribution in [0.25, 0.3) is 11.1 Å². The Hall–Kier alpha value is -3.26. The van der Waals surface area contributed by atoms with Gasteiger partial charge in [0.05, 0.1) is 26.4 Å². The van der Waals surface area contributed by atoms with E-state index in [0.717, 1.165) is 68.1 Å². The van der Waals surface area contributed by atoms with Crippen LogP contribution in [0.3, 0.4) is 0 Å². The molecule has 2 aromatic rings. The Kier molecular flexibility index (Phi) is 15.7. The third-order valence-electron chi connectivity index (χ3n) is 14.1. The number of carbonyl (C=O) groups excluding carboxylic acids is 2. The Balaban J connectivity index is 1.46. The van der Waals surface area contributed by atoms with Crippen LogP contribution in [0.5, 0.6) is 5.75 Å². The van der Waals surface area contributed by atoms with Gasteiger partial charge >= 0.3 is 0 Å². The van der Waals surface area contributed by atoms with Gasteiger partial charge in [0, 0.05) is 74.6 Å². The summed E-state index contributed by atoms with van der Waals surface area (Å²) in [5.41, 5.74) is 4.20. The zero-order valence-electron chi connectivity index (χ0n) is 37.3. The first-order valence-corrected chi connectivity index (χ1v) is 21.9. The molecule has 12 nitrogen and oxygen atoms in total. The van der Waals surface area contributed by atoms with E-state index in [1.54, 1.807) is 19.1 Å². The maximum Gasteiger partial charge on any atom is 0.254 e. The summed E-state index contributed by atoms with van der Waals surface area (Å²) < 4.78 is 6.16. The van der Waals surface area contributed by atoms with Gasteiger partial charge < -0.3 is 39.9 Å². The van der Waals surface area contributed by atoms with Gasteiger partial charge in [-0.3, -0.25) is 14.4 Å². The van der Waals surface area contributed by atoms with Crippen molar-refractivity contribution in [3.8, 4) is 16.9 Å². The van der Waals surface area contributed by atoms with E-state index in [-0.39, 0.29) is 36.4 Å². The average molecular weight is 807 g/mol. The van der Waals surface area contributed by atoms with Crippen LogP contribution >= 0.6 is 0 Å². The van der Waals surface area contributed by atoms with Crippen LogP contribution in [0, 0.1) is 29.1 Å². The zero-order chi connectivity index (χ0) is 42.5. The van der Waals surface area contributed by atoms with Crippen LogP contribution in [0.2, 0.25) is 0 Å². The predicted molar refractivity (Wildman–Crippen MR) is 232 cm³/mol. The number of para-hydroxylation sites is 1. The third-order valence-corrected chi connectivity index (χ3v) is 14.1. The average Bonchev–Trinajstić information content (AvgIpc) is 3.59. The standard InChI is InChI=1S/C46H74N6O6/c1-12-49(13-2)19-21-51(22-20-50(14-3)15-4)45(56)34-23-33(24-36(25-34)48(9)10)37-18-16-17-32(43(37)57-11)28-52-42(41(31(6)54)40(29-53)58-52)44(55)47-39-27-35-26-38(30(39)5)46(35,7)8/h16-18,23-25,30-31,35,38-42,53-54H,12-15,19-22,26-29H2,1-11H3,(H,47,55)/t30-,31-,35+,38+,39?,40-,41+,42-/m0/s1. The molecule has 3 N–H and O–H groups in total. The van der Waals surface area contributed by atoms with Crippen LogP contribution in [0.15, 0.2) is 36.4 Å². The van der Waals surface area contributed by atoms with Gasteiger partial charge in [-0.2, -0.15) is 5.06 Å². The van der Waals surface area contributed by atoms with Crippen LogP contribution in [0.1, 0.15) is 84.2 Å². The maximum atomic E-state index is 14.5. The van der Waals surface area contributed by atoms with Gasteiger partial charge in [-0.25, -0.2) is 0 Å². The molecule has 0 radical (unpaired) electrons. The number of hydrogen-bond acceptors (Lipinski definition) is 10. The molecule has 324 valence electrons. The molecule has 3 aliphatic carbocycles. The number of rotatable bonds is 20. The van der Waals surface area contributed by atoms with Crippen molar-refractivity contribution in [3.63, 3.8) is 0 Å². The van der Waals surface area contributed by atoms with E-state index in [9.17, 15) is 19.8 Å². The summed E-state index contributed by atoms with van der Waals surface area (Å²) in [6.07, 6.45) is 0.489. The number of aliphatic hydroxyl groups excluding tert-OH is 2. The van der Waals surface area contributed by atoms with Gasteiger partial charge in [0.2, 0.25) is 5.91 Å². The Morgan fingerprint density at radius 3 is 2.14 bits per heavy atom. The second kappa shape index (κ2) is 19.9. The summed E-state index contributed by atoms with van der Waals surface area (Å²) in [6.45, 7) is 23.6. The number of hydrogen-bond donors (Lipinski definition) is 3. The van der Waals surface area contributed by atoms with Gasteiger partial charge in [-0.05, 0) is 92.9 Å². The van der Waals surface area contributed by atoms with Crippen molar-refractivity contribution >= 4 is 17.5 Å². The highest BCUT2D eigenvalue weighted by atomic mass is 16.7. The monoisotopic (exact) mass is 807 g/mol. The van der Waals surface area contributed by atoms with Crippen LogP contribution < -0.4 is 15.0 Å². The molecule has 0 aromatic heterocycles. The van der Waals surface area contributed by atoms with E-state index in [2.05, 4.69) is 69.6 Å². The number of fused-ring (bicyclic) bond motifs is 2. The number of anilines is 1. The van der Waals surface area contributed by atoms with Gasteiger partial charge in [-0.1, -0.05) is 66.7 Å². The highest BCUT2D eigenvalue weighted by Crippen LogP contribution is 2.61. The Labute approximate surface area is 348 Å². The minimum absolute atomic E-state index is 0.00827. The summed E-state index contributed by atoms with van der Waals surface area (Å²) in [4.78, 5) is 43.9. The van der Waals surface area contributed by atoms with E-state index in [1.807, 2.05) is 54.2 Å². The van der Waals surface area contributed by atoms with E-state index < -0.39 is 24.2 Å². The fraction of sp³-hybridized carbons (Fsp3) is 0.696. The van der Waals surface area contributed by atoms with Gasteiger partial charge in [0.25, 0.3) is 5.91 Å². The molecular formula is C46H74N6O6. The van der Waals surface area contributed by atoms with Crippen molar-refractivity contribution in [2.45, 2.75) is 99.1 Å². The lowest BCUT2D eigenvalue weighted by Gasteiger charge is -2.62. The number of hydroxylamine groups is 2. The second-order valence-corrected chi connectivity index (χ2v) is 17.7. The second-order valence-electron chi connectivity index (χ2n) is 17.7. The molecule has 2 bridgehead atoms. The minimum atomic E-state index is -0.898. The number of benzene rings is 2. The fourth-order valence-electron chi connectivity index (χ4n) is 10.1. The van der Waals surface area contributed by atoms with Crippen molar-refractivity contribution < 1.29 is 29.4 Å². The van der Waals surface area contributed by atoms with Crippen molar-refractivity contribution in [2.24, 2.45) is 29.1 Å². The van der Waals surface area contributed by atoms with Gasteiger partial charge in [0.1, 0.15) is 17.9 Å². The molecule has 1 unspecified atom stereocenters. The van der Waals surface area contributed by atoms with Crippen molar-refractivity contribution in [1.29, 1.82) is 0 Å². The number of carbonyl (C=O) groups is 2. The number of ether oxygens (including phenoxy) is 1. The molecule has 12 heteroatoms. The van der Waals surface area contributed by atoms with E-state index in [4.69, 9.17) is 9.57 Å².